The van der Waals surface area contributed by atoms with Crippen LogP contribution in [0.15, 0.2) is 42.7 Å². The molecule has 0 saturated heterocycles. The number of hydrogen-bond acceptors (Lipinski definition) is 5. The van der Waals surface area contributed by atoms with E-state index in [1.807, 2.05) is 0 Å². The molecule has 0 aliphatic carbocycles. The van der Waals surface area contributed by atoms with E-state index in [4.69, 9.17) is 4.74 Å². The van der Waals surface area contributed by atoms with E-state index >= 15 is 0 Å². The highest BCUT2D eigenvalue weighted by Crippen LogP contribution is 2.38. The van der Waals surface area contributed by atoms with Gasteiger partial charge in [-0.1, -0.05) is 6.07 Å². The van der Waals surface area contributed by atoms with Gasteiger partial charge in [0.25, 0.3) is 5.91 Å². The molecule has 13 heteroatoms. The molecule has 31 heavy (non-hydrogen) atoms. The first-order chi connectivity index (χ1) is 14.4. The van der Waals surface area contributed by atoms with Gasteiger partial charge in [0.15, 0.2) is 6.61 Å². The van der Waals surface area contributed by atoms with Crippen molar-refractivity contribution in [1.82, 2.24) is 20.2 Å². The number of aryl methyl sites for hydroxylation is 1. The average molecular weight is 445 g/mol. The van der Waals surface area contributed by atoms with Gasteiger partial charge >= 0.3 is 12.4 Å². The SMILES string of the molecule is Cc1ccc(-n2cnnn2)cc1NC(=O)COc1cc(C(F)(F)F)cc(C(F)(F)F)c1. The van der Waals surface area contributed by atoms with Gasteiger partial charge in [0.2, 0.25) is 0 Å². The molecule has 0 bridgehead atoms. The van der Waals surface area contributed by atoms with Gasteiger partial charge in [-0.3, -0.25) is 4.79 Å². The number of nitrogens with zero attached hydrogens (tertiary/aromatic N) is 4. The van der Waals surface area contributed by atoms with E-state index in [-0.39, 0.29) is 6.07 Å². The molecule has 0 aliphatic heterocycles. The summed E-state index contributed by atoms with van der Waals surface area (Å²) in [6.45, 7) is 0.870. The Kier molecular flexibility index (Phi) is 5.86. The topological polar surface area (TPSA) is 81.9 Å². The molecular weight excluding hydrogens is 432 g/mol. The number of carbonyl (C=O) groups excluding carboxylic acids is 1. The normalized spacial score (nSPS) is 12.0. The lowest BCUT2D eigenvalue weighted by Gasteiger charge is -2.15. The summed E-state index contributed by atoms with van der Waals surface area (Å²) >= 11 is 0. The summed E-state index contributed by atoms with van der Waals surface area (Å²) in [7, 11) is 0. The second-order valence-corrected chi connectivity index (χ2v) is 6.33. The predicted octanol–water partition coefficient (Wildman–Crippen LogP) is 4.03. The van der Waals surface area contributed by atoms with Gasteiger partial charge in [-0.25, -0.2) is 4.68 Å². The molecule has 0 saturated carbocycles. The quantitative estimate of drug-likeness (QED) is 0.600. The minimum atomic E-state index is -5.02. The zero-order valence-corrected chi connectivity index (χ0v) is 15.6. The number of rotatable bonds is 5. The lowest BCUT2D eigenvalue weighted by Crippen LogP contribution is -2.21. The number of benzene rings is 2. The largest absolute Gasteiger partial charge is 0.484 e. The molecule has 0 fully saturated rings. The highest BCUT2D eigenvalue weighted by molar-refractivity contribution is 5.93. The summed E-state index contributed by atoms with van der Waals surface area (Å²) in [5, 5.41) is 13.2. The van der Waals surface area contributed by atoms with Crippen LogP contribution in [-0.4, -0.2) is 32.7 Å². The highest BCUT2D eigenvalue weighted by Gasteiger charge is 2.37. The number of tetrazole rings is 1. The number of ether oxygens (including phenoxy) is 1. The van der Waals surface area contributed by atoms with Gasteiger partial charge in [-0.2, -0.15) is 26.3 Å². The lowest BCUT2D eigenvalue weighted by molar-refractivity contribution is -0.143. The molecule has 3 aromatic rings. The maximum absolute atomic E-state index is 12.9. The maximum atomic E-state index is 12.9. The average Bonchev–Trinajstić information content (AvgIpc) is 3.21. The number of alkyl halides is 6. The maximum Gasteiger partial charge on any atom is 0.416 e. The summed E-state index contributed by atoms with van der Waals surface area (Å²) in [6.07, 6.45) is -8.71. The Labute approximate surface area is 170 Å². The molecule has 1 heterocycles. The van der Waals surface area contributed by atoms with Crippen LogP contribution >= 0.6 is 0 Å². The standard InChI is InChI=1S/C18H13F6N5O2/c1-10-2-3-13(29-9-25-27-28-29)7-15(10)26-16(30)8-31-14-5-11(17(19,20)21)4-12(6-14)18(22,23)24/h2-7,9H,8H2,1H3,(H,26,30). The second kappa shape index (κ2) is 8.24. The summed E-state index contributed by atoms with van der Waals surface area (Å²) in [5.41, 5.74) is -1.59. The molecule has 1 N–H and O–H groups in total. The zero-order chi connectivity index (χ0) is 22.8. The van der Waals surface area contributed by atoms with Crippen LogP contribution in [0.2, 0.25) is 0 Å². The predicted molar refractivity (Wildman–Crippen MR) is 94.5 cm³/mol. The van der Waals surface area contributed by atoms with Gasteiger partial charge < -0.3 is 10.1 Å². The molecule has 1 aromatic heterocycles. The minimum Gasteiger partial charge on any atom is -0.484 e. The van der Waals surface area contributed by atoms with Gasteiger partial charge in [-0.05, 0) is 53.2 Å². The molecule has 0 spiro atoms. The molecule has 3 rings (SSSR count). The van der Waals surface area contributed by atoms with E-state index in [0.717, 1.165) is 0 Å². The zero-order valence-electron chi connectivity index (χ0n) is 15.6. The number of halogens is 6. The smallest absolute Gasteiger partial charge is 0.416 e. The van der Waals surface area contributed by atoms with E-state index < -0.39 is 41.7 Å². The van der Waals surface area contributed by atoms with E-state index in [1.165, 1.54) is 17.1 Å². The number of aromatic nitrogens is 4. The first-order valence-electron chi connectivity index (χ1n) is 8.49. The first kappa shape index (κ1) is 22.1. The molecule has 164 valence electrons. The molecule has 0 unspecified atom stereocenters. The van der Waals surface area contributed by atoms with Crippen LogP contribution in [0.25, 0.3) is 5.69 Å². The summed E-state index contributed by atoms with van der Waals surface area (Å²) < 4.78 is 83.6. The number of hydrogen-bond donors (Lipinski definition) is 1. The third-order valence-corrected chi connectivity index (χ3v) is 4.04. The van der Waals surface area contributed by atoms with Crippen molar-refractivity contribution in [3.63, 3.8) is 0 Å². The Hall–Kier alpha value is -3.64. The van der Waals surface area contributed by atoms with Crippen molar-refractivity contribution in [3.05, 3.63) is 59.4 Å². The van der Waals surface area contributed by atoms with E-state index in [9.17, 15) is 31.1 Å². The van der Waals surface area contributed by atoms with E-state index in [2.05, 4.69) is 20.8 Å². The van der Waals surface area contributed by atoms with Gasteiger partial charge in [0, 0.05) is 5.69 Å². The second-order valence-electron chi connectivity index (χ2n) is 6.33. The van der Waals surface area contributed by atoms with Crippen LogP contribution in [0.1, 0.15) is 16.7 Å². The van der Waals surface area contributed by atoms with Crippen molar-refractivity contribution in [2.45, 2.75) is 19.3 Å². The molecule has 0 aliphatic rings. The fourth-order valence-electron chi connectivity index (χ4n) is 2.51. The molecule has 2 aromatic carbocycles. The monoisotopic (exact) mass is 445 g/mol. The minimum absolute atomic E-state index is 0.0270. The number of anilines is 1. The van der Waals surface area contributed by atoms with Gasteiger partial charge in [0.1, 0.15) is 12.1 Å². The number of nitrogens with one attached hydrogen (secondary N) is 1. The molecule has 0 atom stereocenters. The summed E-state index contributed by atoms with van der Waals surface area (Å²) in [6, 6.07) is 5.64. The van der Waals surface area contributed by atoms with E-state index in [1.54, 1.807) is 19.1 Å². The fourth-order valence-corrected chi connectivity index (χ4v) is 2.51. The number of carbonyl (C=O) groups is 1. The highest BCUT2D eigenvalue weighted by atomic mass is 19.4. The van der Waals surface area contributed by atoms with Gasteiger partial charge in [-0.15, -0.1) is 5.10 Å². The van der Waals surface area contributed by atoms with Crippen LogP contribution in [0, 0.1) is 6.92 Å². The molecule has 1 amide bonds. The first-order valence-corrected chi connectivity index (χ1v) is 8.49. The number of amides is 1. The van der Waals surface area contributed by atoms with Crippen LogP contribution in [0.3, 0.4) is 0 Å². The van der Waals surface area contributed by atoms with Crippen molar-refractivity contribution in [2.24, 2.45) is 0 Å². The summed E-state index contributed by atoms with van der Waals surface area (Å²) in [4.78, 5) is 12.2. The van der Waals surface area contributed by atoms with Crippen LogP contribution in [-0.2, 0) is 17.1 Å². The van der Waals surface area contributed by atoms with Crippen molar-refractivity contribution in [2.75, 3.05) is 11.9 Å². The Morgan fingerprint density at radius 3 is 2.23 bits per heavy atom. The van der Waals surface area contributed by atoms with Gasteiger partial charge in [0.05, 0.1) is 16.8 Å². The molecular formula is C18H13F6N5O2. The Morgan fingerprint density at radius 2 is 1.68 bits per heavy atom. The van der Waals surface area contributed by atoms with Crippen LogP contribution in [0.5, 0.6) is 5.75 Å². The van der Waals surface area contributed by atoms with Crippen molar-refractivity contribution >= 4 is 11.6 Å². The van der Waals surface area contributed by atoms with Crippen LogP contribution < -0.4 is 10.1 Å². The van der Waals surface area contributed by atoms with Crippen molar-refractivity contribution < 1.29 is 35.9 Å². The Bertz CT molecular complexity index is 1050. The van der Waals surface area contributed by atoms with Crippen molar-refractivity contribution in [3.8, 4) is 11.4 Å². The fraction of sp³-hybridized carbons (Fsp3) is 0.222. The van der Waals surface area contributed by atoms with Crippen LogP contribution in [0.4, 0.5) is 32.0 Å². The third kappa shape index (κ3) is 5.49. The third-order valence-electron chi connectivity index (χ3n) is 4.04. The Morgan fingerprint density at radius 1 is 1.03 bits per heavy atom. The molecule has 7 nitrogen and oxygen atoms in total. The van der Waals surface area contributed by atoms with Crippen molar-refractivity contribution in [1.29, 1.82) is 0 Å². The molecule has 0 radical (unpaired) electrons. The Balaban J connectivity index is 1.75. The lowest BCUT2D eigenvalue weighted by atomic mass is 10.1. The summed E-state index contributed by atoms with van der Waals surface area (Å²) in [5.74, 6) is -1.53. The van der Waals surface area contributed by atoms with E-state index in [0.29, 0.717) is 29.1 Å².